The fourth-order valence-corrected chi connectivity index (χ4v) is 3.47. The highest BCUT2D eigenvalue weighted by Gasteiger charge is 2.14. The lowest BCUT2D eigenvalue weighted by molar-refractivity contribution is 0.256. The molecule has 3 heteroatoms. The molecule has 1 aromatic rings. The minimum atomic E-state index is 0.639. The molecule has 0 aromatic carbocycles. The topological polar surface area (TPSA) is 3.24 Å². The summed E-state index contributed by atoms with van der Waals surface area (Å²) in [5.74, 6) is 0. The minimum Gasteiger partial charge on any atom is -0.295 e. The normalized spacial score (nSPS) is 21.1. The van der Waals surface area contributed by atoms with E-state index in [1.807, 2.05) is 11.3 Å². The van der Waals surface area contributed by atoms with Gasteiger partial charge in [-0.2, -0.15) is 0 Å². The molecule has 82 valence electrons. The molecule has 0 N–H and O–H groups in total. The molecule has 1 aliphatic carbocycles. The van der Waals surface area contributed by atoms with E-state index in [0.717, 1.165) is 6.54 Å². The number of nitrogens with zero attached hydrogens (tertiary/aromatic N) is 1. The summed E-state index contributed by atoms with van der Waals surface area (Å²) in [6.45, 7) is 1.06. The van der Waals surface area contributed by atoms with Crippen molar-refractivity contribution in [1.29, 1.82) is 0 Å². The van der Waals surface area contributed by atoms with Crippen LogP contribution in [-0.2, 0) is 6.54 Å². The second kappa shape index (κ2) is 5.28. The summed E-state index contributed by atoms with van der Waals surface area (Å²) >= 11 is 5.33. The second-order valence-corrected chi connectivity index (χ2v) is 5.98. The Bertz CT molecular complexity index is 345. The van der Waals surface area contributed by atoms with Gasteiger partial charge in [0.2, 0.25) is 0 Å². The Kier molecular flexibility index (Phi) is 4.00. The van der Waals surface area contributed by atoms with E-state index < -0.39 is 0 Å². The van der Waals surface area contributed by atoms with Gasteiger partial charge < -0.3 is 0 Å². The Balaban J connectivity index is 1.93. The molecular formula is C12H16BrNS. The van der Waals surface area contributed by atoms with Crippen molar-refractivity contribution >= 4 is 27.3 Å². The maximum Gasteiger partial charge on any atom is 0.0331 e. The van der Waals surface area contributed by atoms with Gasteiger partial charge in [0.1, 0.15) is 0 Å². The molecule has 1 aromatic heterocycles. The maximum atomic E-state index is 3.50. The number of hydrogen-bond donors (Lipinski definition) is 0. The van der Waals surface area contributed by atoms with Crippen LogP contribution >= 0.6 is 27.3 Å². The summed E-state index contributed by atoms with van der Waals surface area (Å²) in [5.41, 5.74) is 0. The van der Waals surface area contributed by atoms with Gasteiger partial charge in [-0.3, -0.25) is 4.90 Å². The SMILES string of the molecule is CN(Cc1cc(Br)cs1)C1C=CCCC1. The number of allylic oxidation sites excluding steroid dienone is 1. The van der Waals surface area contributed by atoms with Crippen LogP contribution in [0, 0.1) is 0 Å². The fourth-order valence-electron chi connectivity index (χ4n) is 1.96. The van der Waals surface area contributed by atoms with E-state index in [0.29, 0.717) is 6.04 Å². The van der Waals surface area contributed by atoms with Gasteiger partial charge in [0.15, 0.2) is 0 Å². The first-order chi connectivity index (χ1) is 7.25. The van der Waals surface area contributed by atoms with Gasteiger partial charge in [-0.05, 0) is 48.3 Å². The molecule has 1 aliphatic rings. The number of rotatable bonds is 3. The van der Waals surface area contributed by atoms with Gasteiger partial charge in [0.25, 0.3) is 0 Å². The van der Waals surface area contributed by atoms with Crippen molar-refractivity contribution in [3.63, 3.8) is 0 Å². The minimum absolute atomic E-state index is 0.639. The largest absolute Gasteiger partial charge is 0.295 e. The lowest BCUT2D eigenvalue weighted by Crippen LogP contribution is -2.30. The van der Waals surface area contributed by atoms with Crippen LogP contribution < -0.4 is 0 Å². The lowest BCUT2D eigenvalue weighted by atomic mass is 10.0. The molecule has 0 saturated carbocycles. The first-order valence-corrected chi connectivity index (χ1v) is 7.03. The molecule has 1 unspecified atom stereocenters. The molecule has 1 heterocycles. The summed E-state index contributed by atoms with van der Waals surface area (Å²) in [5, 5.41) is 2.15. The Morgan fingerprint density at radius 2 is 2.47 bits per heavy atom. The summed E-state index contributed by atoms with van der Waals surface area (Å²) in [6.07, 6.45) is 8.56. The molecular weight excluding hydrogens is 270 g/mol. The van der Waals surface area contributed by atoms with Gasteiger partial charge in [0, 0.05) is 27.3 Å². The molecule has 0 fully saturated rings. The van der Waals surface area contributed by atoms with Gasteiger partial charge in [0.05, 0.1) is 0 Å². The number of halogens is 1. The van der Waals surface area contributed by atoms with Crippen LogP contribution in [0.25, 0.3) is 0 Å². The summed E-state index contributed by atoms with van der Waals surface area (Å²) in [6, 6.07) is 2.85. The van der Waals surface area contributed by atoms with Crippen LogP contribution in [0.1, 0.15) is 24.1 Å². The molecule has 0 amide bonds. The molecule has 1 atom stereocenters. The molecule has 0 bridgehead atoms. The van der Waals surface area contributed by atoms with Crippen molar-refractivity contribution in [2.24, 2.45) is 0 Å². The van der Waals surface area contributed by atoms with E-state index in [-0.39, 0.29) is 0 Å². The van der Waals surface area contributed by atoms with Crippen molar-refractivity contribution in [3.8, 4) is 0 Å². The molecule has 0 saturated heterocycles. The molecule has 15 heavy (non-hydrogen) atoms. The third-order valence-corrected chi connectivity index (χ3v) is 4.50. The third kappa shape index (κ3) is 3.16. The molecule has 0 radical (unpaired) electrons. The predicted molar refractivity (Wildman–Crippen MR) is 70.3 cm³/mol. The monoisotopic (exact) mass is 285 g/mol. The Labute approximate surface area is 104 Å². The zero-order valence-corrected chi connectivity index (χ0v) is 11.4. The van der Waals surface area contributed by atoms with Crippen molar-refractivity contribution in [1.82, 2.24) is 4.90 Å². The Hall–Kier alpha value is -0.120. The molecule has 0 aliphatic heterocycles. The van der Waals surface area contributed by atoms with Gasteiger partial charge in [-0.15, -0.1) is 11.3 Å². The molecule has 0 spiro atoms. The average molecular weight is 286 g/mol. The second-order valence-electron chi connectivity index (χ2n) is 4.07. The number of likely N-dealkylation sites (N-methyl/N-ethyl adjacent to an activating group) is 1. The molecule has 2 rings (SSSR count). The van der Waals surface area contributed by atoms with Crippen molar-refractivity contribution in [3.05, 3.63) is 32.9 Å². The van der Waals surface area contributed by atoms with Crippen LogP contribution in [0.4, 0.5) is 0 Å². The smallest absolute Gasteiger partial charge is 0.0331 e. The van der Waals surface area contributed by atoms with Crippen LogP contribution in [0.15, 0.2) is 28.1 Å². The highest BCUT2D eigenvalue weighted by atomic mass is 79.9. The van der Waals surface area contributed by atoms with E-state index >= 15 is 0 Å². The van der Waals surface area contributed by atoms with Gasteiger partial charge in [-0.25, -0.2) is 0 Å². The average Bonchev–Trinajstić information content (AvgIpc) is 2.65. The van der Waals surface area contributed by atoms with Gasteiger partial charge in [-0.1, -0.05) is 12.2 Å². The predicted octanol–water partition coefficient (Wildman–Crippen LogP) is 4.05. The third-order valence-electron chi connectivity index (χ3n) is 2.82. The first-order valence-electron chi connectivity index (χ1n) is 5.35. The standard InChI is InChI=1S/C12H16BrNS/c1-14(11-5-3-2-4-6-11)8-12-7-10(13)9-15-12/h3,5,7,9,11H,2,4,6,8H2,1H3. The Morgan fingerprint density at radius 3 is 3.07 bits per heavy atom. The van der Waals surface area contributed by atoms with E-state index in [1.165, 1.54) is 28.6 Å². The van der Waals surface area contributed by atoms with Gasteiger partial charge >= 0.3 is 0 Å². The summed E-state index contributed by atoms with van der Waals surface area (Å²) < 4.78 is 1.20. The van der Waals surface area contributed by atoms with Crippen molar-refractivity contribution in [2.75, 3.05) is 7.05 Å². The van der Waals surface area contributed by atoms with Crippen LogP contribution in [-0.4, -0.2) is 18.0 Å². The van der Waals surface area contributed by atoms with Crippen LogP contribution in [0.3, 0.4) is 0 Å². The lowest BCUT2D eigenvalue weighted by Gasteiger charge is -2.27. The number of thiophene rings is 1. The quantitative estimate of drug-likeness (QED) is 0.758. The van der Waals surface area contributed by atoms with E-state index in [4.69, 9.17) is 0 Å². The summed E-state index contributed by atoms with van der Waals surface area (Å²) in [4.78, 5) is 3.87. The van der Waals surface area contributed by atoms with Crippen LogP contribution in [0.5, 0.6) is 0 Å². The maximum absolute atomic E-state index is 3.50. The highest BCUT2D eigenvalue weighted by molar-refractivity contribution is 9.10. The zero-order chi connectivity index (χ0) is 10.7. The van der Waals surface area contributed by atoms with Crippen LogP contribution in [0.2, 0.25) is 0 Å². The zero-order valence-electron chi connectivity index (χ0n) is 8.95. The van der Waals surface area contributed by atoms with E-state index in [9.17, 15) is 0 Å². The van der Waals surface area contributed by atoms with Crippen molar-refractivity contribution in [2.45, 2.75) is 31.8 Å². The van der Waals surface area contributed by atoms with Crippen molar-refractivity contribution < 1.29 is 0 Å². The first kappa shape index (κ1) is 11.4. The van der Waals surface area contributed by atoms with E-state index in [2.05, 4.69) is 51.5 Å². The number of hydrogen-bond acceptors (Lipinski definition) is 2. The highest BCUT2D eigenvalue weighted by Crippen LogP contribution is 2.23. The Morgan fingerprint density at radius 1 is 1.60 bits per heavy atom. The molecule has 1 nitrogen and oxygen atoms in total. The fraction of sp³-hybridized carbons (Fsp3) is 0.500. The van der Waals surface area contributed by atoms with E-state index in [1.54, 1.807) is 0 Å². The summed E-state index contributed by atoms with van der Waals surface area (Å²) in [7, 11) is 2.22.